The van der Waals surface area contributed by atoms with Crippen molar-refractivity contribution in [2.24, 2.45) is 0 Å². The number of halogens is 1. The lowest BCUT2D eigenvalue weighted by Gasteiger charge is -2.09. The Morgan fingerprint density at radius 1 is 1.50 bits per heavy atom. The van der Waals surface area contributed by atoms with Gasteiger partial charge in [0, 0.05) is 5.54 Å². The van der Waals surface area contributed by atoms with E-state index in [1.54, 1.807) is 6.33 Å². The van der Waals surface area contributed by atoms with Crippen LogP contribution >= 0.6 is 11.6 Å². The Kier molecular flexibility index (Phi) is 1.43. The first-order valence-corrected chi connectivity index (χ1v) is 4.93. The summed E-state index contributed by atoms with van der Waals surface area (Å²) in [6.45, 7) is 2.19. The van der Waals surface area contributed by atoms with Crippen LogP contribution in [0.1, 0.15) is 19.8 Å². The Hall–Kier alpha value is -1.16. The van der Waals surface area contributed by atoms with Crippen LogP contribution in [0.25, 0.3) is 11.2 Å². The van der Waals surface area contributed by atoms with Crippen LogP contribution in [0, 0.1) is 0 Å². The molecule has 0 bridgehead atoms. The highest BCUT2D eigenvalue weighted by Crippen LogP contribution is 2.44. The zero-order valence-corrected chi connectivity index (χ0v) is 8.49. The summed E-state index contributed by atoms with van der Waals surface area (Å²) in [6.07, 6.45) is 5.67. The molecule has 4 nitrogen and oxygen atoms in total. The van der Waals surface area contributed by atoms with Crippen molar-refractivity contribution >= 4 is 22.8 Å². The van der Waals surface area contributed by atoms with Gasteiger partial charge in [0.2, 0.25) is 0 Å². The lowest BCUT2D eigenvalue weighted by atomic mass is 10.3. The minimum atomic E-state index is 0.189. The predicted molar refractivity (Wildman–Crippen MR) is 53.2 cm³/mol. The summed E-state index contributed by atoms with van der Waals surface area (Å²) in [7, 11) is 0. The summed E-state index contributed by atoms with van der Waals surface area (Å²) in [5.41, 5.74) is 1.72. The maximum atomic E-state index is 5.96. The second-order valence-corrected chi connectivity index (χ2v) is 4.38. The second-order valence-electron chi connectivity index (χ2n) is 3.98. The first-order chi connectivity index (χ1) is 6.71. The van der Waals surface area contributed by atoms with E-state index in [2.05, 4.69) is 26.7 Å². The number of nitrogens with zero attached hydrogens (tertiary/aromatic N) is 4. The third-order valence-electron chi connectivity index (χ3n) is 2.85. The molecule has 0 atom stereocenters. The Labute approximate surface area is 85.9 Å². The smallest absolute Gasteiger partial charge is 0.184 e. The number of imidazole rings is 1. The summed E-state index contributed by atoms with van der Waals surface area (Å²) in [6, 6.07) is 0. The topological polar surface area (TPSA) is 43.6 Å². The van der Waals surface area contributed by atoms with Crippen LogP contribution in [0.15, 0.2) is 12.5 Å². The number of hydrogen-bond acceptors (Lipinski definition) is 3. The van der Waals surface area contributed by atoms with Crippen LogP contribution in [0.5, 0.6) is 0 Å². The molecule has 72 valence electrons. The van der Waals surface area contributed by atoms with Crippen molar-refractivity contribution in [1.29, 1.82) is 0 Å². The van der Waals surface area contributed by atoms with E-state index in [1.165, 1.54) is 19.0 Å². The highest BCUT2D eigenvalue weighted by Gasteiger charge is 2.40. The summed E-state index contributed by atoms with van der Waals surface area (Å²) in [5, 5.41) is 8.49. The van der Waals surface area contributed by atoms with E-state index in [0.717, 1.165) is 11.2 Å². The van der Waals surface area contributed by atoms with Crippen molar-refractivity contribution in [3.63, 3.8) is 0 Å². The fourth-order valence-corrected chi connectivity index (χ4v) is 1.80. The van der Waals surface area contributed by atoms with Crippen molar-refractivity contribution in [2.45, 2.75) is 25.3 Å². The maximum Gasteiger partial charge on any atom is 0.184 e. The molecule has 0 saturated heterocycles. The molecule has 2 aromatic rings. The number of hydrogen-bond donors (Lipinski definition) is 0. The molecule has 1 fully saturated rings. The molecule has 1 aliphatic carbocycles. The van der Waals surface area contributed by atoms with E-state index in [4.69, 9.17) is 11.6 Å². The minimum absolute atomic E-state index is 0.189. The monoisotopic (exact) mass is 208 g/mol. The van der Waals surface area contributed by atoms with Crippen LogP contribution in [0.4, 0.5) is 0 Å². The SMILES string of the molecule is CC1(n2cnc3c(Cl)cnnc32)CC1. The van der Waals surface area contributed by atoms with E-state index in [-0.39, 0.29) is 5.54 Å². The zero-order valence-electron chi connectivity index (χ0n) is 7.74. The molecular formula is C9H9ClN4. The van der Waals surface area contributed by atoms with Gasteiger partial charge in [-0.25, -0.2) is 4.98 Å². The van der Waals surface area contributed by atoms with E-state index in [0.29, 0.717) is 5.02 Å². The standard InChI is InChI=1S/C9H9ClN4/c1-9(2-3-9)14-5-11-7-6(10)4-12-13-8(7)14/h4-5H,2-3H2,1H3. The van der Waals surface area contributed by atoms with Crippen molar-refractivity contribution in [1.82, 2.24) is 19.7 Å². The summed E-state index contributed by atoms with van der Waals surface area (Å²) < 4.78 is 2.07. The fraction of sp³-hybridized carbons (Fsp3) is 0.444. The summed E-state index contributed by atoms with van der Waals surface area (Å²) in [5.74, 6) is 0. The molecule has 1 saturated carbocycles. The minimum Gasteiger partial charge on any atom is -0.308 e. The fourth-order valence-electron chi connectivity index (χ4n) is 1.62. The molecule has 2 aromatic heterocycles. The molecular weight excluding hydrogens is 200 g/mol. The van der Waals surface area contributed by atoms with Crippen LogP contribution < -0.4 is 0 Å². The molecule has 14 heavy (non-hydrogen) atoms. The normalized spacial score (nSPS) is 18.7. The van der Waals surface area contributed by atoms with Gasteiger partial charge >= 0.3 is 0 Å². The molecule has 0 aliphatic heterocycles. The Bertz CT molecular complexity index is 500. The van der Waals surface area contributed by atoms with Crippen LogP contribution in [0.2, 0.25) is 5.02 Å². The first-order valence-electron chi connectivity index (χ1n) is 4.55. The first kappa shape index (κ1) is 8.17. The largest absolute Gasteiger partial charge is 0.308 e. The zero-order chi connectivity index (χ0) is 9.76. The van der Waals surface area contributed by atoms with E-state index in [9.17, 15) is 0 Å². The van der Waals surface area contributed by atoms with E-state index in [1.807, 2.05) is 0 Å². The summed E-state index contributed by atoms with van der Waals surface area (Å²) in [4.78, 5) is 4.25. The Morgan fingerprint density at radius 3 is 3.00 bits per heavy atom. The Morgan fingerprint density at radius 2 is 2.29 bits per heavy atom. The predicted octanol–water partition coefficient (Wildman–Crippen LogP) is 1.99. The van der Waals surface area contributed by atoms with Gasteiger partial charge in [0.25, 0.3) is 0 Å². The average molecular weight is 209 g/mol. The van der Waals surface area contributed by atoms with Crippen molar-refractivity contribution in [3.8, 4) is 0 Å². The molecule has 0 spiro atoms. The van der Waals surface area contributed by atoms with Crippen LogP contribution in [0.3, 0.4) is 0 Å². The molecule has 2 heterocycles. The van der Waals surface area contributed by atoms with Crippen molar-refractivity contribution < 1.29 is 0 Å². The van der Waals surface area contributed by atoms with Gasteiger partial charge in [-0.1, -0.05) is 11.6 Å². The Balaban J connectivity index is 2.32. The van der Waals surface area contributed by atoms with Gasteiger partial charge in [-0.05, 0) is 19.8 Å². The molecule has 1 aliphatic rings. The van der Waals surface area contributed by atoms with E-state index >= 15 is 0 Å². The number of fused-ring (bicyclic) bond motifs is 1. The third kappa shape index (κ3) is 0.973. The lowest BCUT2D eigenvalue weighted by Crippen LogP contribution is -2.11. The van der Waals surface area contributed by atoms with Crippen molar-refractivity contribution in [2.75, 3.05) is 0 Å². The van der Waals surface area contributed by atoms with Crippen LogP contribution in [-0.2, 0) is 5.54 Å². The average Bonchev–Trinajstić information content (AvgIpc) is 2.77. The highest BCUT2D eigenvalue weighted by molar-refractivity contribution is 6.34. The van der Waals surface area contributed by atoms with Gasteiger partial charge in [0.15, 0.2) is 5.65 Å². The van der Waals surface area contributed by atoms with Crippen molar-refractivity contribution in [3.05, 3.63) is 17.5 Å². The van der Waals surface area contributed by atoms with Gasteiger partial charge in [0.05, 0.1) is 17.5 Å². The maximum absolute atomic E-state index is 5.96. The number of rotatable bonds is 1. The molecule has 0 unspecified atom stereocenters. The van der Waals surface area contributed by atoms with Gasteiger partial charge in [0.1, 0.15) is 5.52 Å². The van der Waals surface area contributed by atoms with E-state index < -0.39 is 0 Å². The molecule has 0 N–H and O–H groups in total. The highest BCUT2D eigenvalue weighted by atomic mass is 35.5. The van der Waals surface area contributed by atoms with Gasteiger partial charge in [-0.3, -0.25) is 0 Å². The summed E-state index contributed by atoms with van der Waals surface area (Å²) >= 11 is 5.96. The van der Waals surface area contributed by atoms with Gasteiger partial charge in [-0.2, -0.15) is 5.10 Å². The van der Waals surface area contributed by atoms with Gasteiger partial charge < -0.3 is 4.57 Å². The third-order valence-corrected chi connectivity index (χ3v) is 3.12. The lowest BCUT2D eigenvalue weighted by molar-refractivity contribution is 0.542. The molecule has 0 amide bonds. The molecule has 0 aromatic carbocycles. The molecule has 3 rings (SSSR count). The second kappa shape index (κ2) is 2.45. The van der Waals surface area contributed by atoms with Gasteiger partial charge in [-0.15, -0.1) is 5.10 Å². The number of aromatic nitrogens is 4. The quantitative estimate of drug-likeness (QED) is 0.720. The molecule has 0 radical (unpaired) electrons. The molecule has 5 heteroatoms. The van der Waals surface area contributed by atoms with Crippen LogP contribution in [-0.4, -0.2) is 19.7 Å².